The van der Waals surface area contributed by atoms with E-state index in [1.807, 2.05) is 0 Å². The van der Waals surface area contributed by atoms with Crippen LogP contribution in [0.25, 0.3) is 0 Å². The van der Waals surface area contributed by atoms with Gasteiger partial charge in [-0.3, -0.25) is 0 Å². The summed E-state index contributed by atoms with van der Waals surface area (Å²) in [6.45, 7) is 8.78. The fourth-order valence-corrected chi connectivity index (χ4v) is 5.47. The smallest absolute Gasteiger partial charge is 1.00 e. The molecule has 46 heavy (non-hydrogen) atoms. The maximum atomic E-state index is 2.32. The van der Waals surface area contributed by atoms with Crippen LogP contribution in [0.4, 0.5) is 0 Å². The van der Waals surface area contributed by atoms with E-state index in [9.17, 15) is 0 Å². The molecule has 0 atom stereocenters. The number of rotatable bonds is 8. The van der Waals surface area contributed by atoms with Crippen molar-refractivity contribution in [3.63, 3.8) is 0 Å². The third-order valence-electron chi connectivity index (χ3n) is 7.38. The first kappa shape index (κ1) is 41.1. The summed E-state index contributed by atoms with van der Waals surface area (Å²) in [6.07, 6.45) is 4.10. The molecular formula is C42H45Cl2SiTi. The number of hydrogen-bond donors (Lipinski definition) is 0. The Hall–Kier alpha value is -2.91. The molecule has 0 nitrogen and oxygen atoms in total. The number of benzene rings is 4. The summed E-state index contributed by atoms with van der Waals surface area (Å²) in [4.78, 5) is 0. The minimum absolute atomic E-state index is 0. The van der Waals surface area contributed by atoms with Crippen LogP contribution in [0, 0.1) is 13.8 Å². The average Bonchev–Trinajstić information content (AvgIpc) is 3.55. The minimum Gasteiger partial charge on any atom is -1.00 e. The quantitative estimate of drug-likeness (QED) is 0.165. The summed E-state index contributed by atoms with van der Waals surface area (Å²) in [5.41, 5.74) is 14.1. The van der Waals surface area contributed by atoms with Crippen LogP contribution in [0.15, 0.2) is 146 Å². The number of halogens is 2. The molecule has 0 heterocycles. The third kappa shape index (κ3) is 13.8. The maximum absolute atomic E-state index is 2.32. The summed E-state index contributed by atoms with van der Waals surface area (Å²) in [7, 11) is 0.750. The molecule has 1 radical (unpaired) electrons. The van der Waals surface area contributed by atoms with Crippen LogP contribution in [0.2, 0.25) is 13.1 Å². The van der Waals surface area contributed by atoms with Crippen molar-refractivity contribution in [1.29, 1.82) is 0 Å². The molecule has 235 valence electrons. The fourth-order valence-electron chi connectivity index (χ4n) is 5.47. The molecular weight excluding hydrogens is 651 g/mol. The van der Waals surface area contributed by atoms with Crippen LogP contribution in [0.1, 0.15) is 55.6 Å². The van der Waals surface area contributed by atoms with Crippen molar-refractivity contribution in [3.8, 4) is 0 Å². The van der Waals surface area contributed by atoms with E-state index in [1.165, 1.54) is 55.6 Å². The predicted molar refractivity (Wildman–Crippen MR) is 189 cm³/mol. The molecule has 0 saturated heterocycles. The normalized spacial score (nSPS) is 9.65. The Morgan fingerprint density at radius 1 is 0.435 bits per heavy atom. The van der Waals surface area contributed by atoms with Gasteiger partial charge in [-0.15, -0.1) is 0 Å². The molecule has 0 aliphatic carbocycles. The van der Waals surface area contributed by atoms with Crippen LogP contribution < -0.4 is 24.8 Å². The summed E-state index contributed by atoms with van der Waals surface area (Å²) in [5, 5.41) is 0. The van der Waals surface area contributed by atoms with Crippen molar-refractivity contribution in [2.24, 2.45) is 0 Å². The second-order valence-corrected chi connectivity index (χ2v) is 12.5. The van der Waals surface area contributed by atoms with Crippen molar-refractivity contribution in [1.82, 2.24) is 0 Å². The molecule has 4 heteroatoms. The van der Waals surface area contributed by atoms with Crippen LogP contribution in [-0.2, 0) is 47.4 Å². The Balaban J connectivity index is 0.000000400. The molecule has 0 saturated carbocycles. The van der Waals surface area contributed by atoms with Crippen LogP contribution in [0.3, 0.4) is 0 Å². The van der Waals surface area contributed by atoms with E-state index in [-0.39, 0.29) is 46.5 Å². The maximum Gasteiger partial charge on any atom is 4.00 e. The van der Waals surface area contributed by atoms with Gasteiger partial charge in [0.15, 0.2) is 0 Å². The Kier molecular flexibility index (Phi) is 20.2. The van der Waals surface area contributed by atoms with Gasteiger partial charge in [0, 0.05) is 9.52 Å². The first-order valence-corrected chi connectivity index (χ1v) is 17.7. The molecule has 0 fully saturated rings. The van der Waals surface area contributed by atoms with E-state index in [2.05, 4.69) is 173 Å². The van der Waals surface area contributed by atoms with Crippen molar-refractivity contribution < 1.29 is 46.5 Å². The molecule has 6 aromatic carbocycles. The Morgan fingerprint density at radius 2 is 0.674 bits per heavy atom. The number of aryl methyl sites for hydroxylation is 2. The second kappa shape index (κ2) is 22.6. The largest absolute Gasteiger partial charge is 4.00 e. The molecule has 0 spiro atoms. The first-order valence-electron chi connectivity index (χ1n) is 15.4. The summed E-state index contributed by atoms with van der Waals surface area (Å²) >= 11 is 0. The zero-order chi connectivity index (χ0) is 30.3. The van der Waals surface area contributed by atoms with Gasteiger partial charge in [-0.05, 0) is 24.0 Å². The zero-order valence-corrected chi connectivity index (χ0v) is 31.7. The van der Waals surface area contributed by atoms with Crippen LogP contribution in [-0.4, -0.2) is 9.52 Å². The molecule has 6 rings (SSSR count). The first-order chi connectivity index (χ1) is 21.0. The van der Waals surface area contributed by atoms with E-state index >= 15 is 0 Å². The van der Waals surface area contributed by atoms with E-state index in [4.69, 9.17) is 0 Å². The molecule has 0 N–H and O–H groups in total. The third-order valence-corrected chi connectivity index (χ3v) is 7.38. The predicted octanol–water partition coefficient (Wildman–Crippen LogP) is 4.32. The molecule has 0 aliphatic heterocycles. The fraction of sp³-hybridized carbons (Fsp3) is 0.190. The van der Waals surface area contributed by atoms with Gasteiger partial charge in [-0.1, -0.05) is 172 Å². The standard InChI is InChI=1S/2C20H19.C2H7Si.2ClH.Ti/c2*1-16-12-19(14-17-8-4-2-5-9-17)20(13-16)15-18-10-6-3-7-11-18;1-3-2;;;/h2*2-13H,14-15H2,1H3;3H,1-2H3;2*1H;/q2*-1;;;;+4/p-2. The van der Waals surface area contributed by atoms with Gasteiger partial charge in [0.1, 0.15) is 0 Å². The molecule has 6 aromatic rings. The van der Waals surface area contributed by atoms with Crippen molar-refractivity contribution >= 4 is 9.52 Å². The van der Waals surface area contributed by atoms with E-state index in [0.29, 0.717) is 0 Å². The van der Waals surface area contributed by atoms with Gasteiger partial charge in [0.25, 0.3) is 0 Å². The van der Waals surface area contributed by atoms with E-state index < -0.39 is 0 Å². The summed E-state index contributed by atoms with van der Waals surface area (Å²) < 4.78 is 0. The van der Waals surface area contributed by atoms with E-state index in [0.717, 1.165) is 35.2 Å². The number of hydrogen-bond acceptors (Lipinski definition) is 0. The Morgan fingerprint density at radius 3 is 0.935 bits per heavy atom. The van der Waals surface area contributed by atoms with Crippen molar-refractivity contribution in [2.45, 2.75) is 52.6 Å². The van der Waals surface area contributed by atoms with Crippen LogP contribution >= 0.6 is 0 Å². The van der Waals surface area contributed by atoms with Gasteiger partial charge in [0.2, 0.25) is 0 Å². The van der Waals surface area contributed by atoms with Gasteiger partial charge >= 0.3 is 21.7 Å². The van der Waals surface area contributed by atoms with Crippen molar-refractivity contribution in [3.05, 3.63) is 201 Å². The Bertz CT molecular complexity index is 1370. The van der Waals surface area contributed by atoms with Crippen molar-refractivity contribution in [2.75, 3.05) is 0 Å². The van der Waals surface area contributed by atoms with E-state index in [1.54, 1.807) is 0 Å². The topological polar surface area (TPSA) is 0 Å². The van der Waals surface area contributed by atoms with Gasteiger partial charge in [0.05, 0.1) is 0 Å². The van der Waals surface area contributed by atoms with Gasteiger partial charge in [-0.25, -0.2) is 12.1 Å². The summed E-state index contributed by atoms with van der Waals surface area (Å²) in [5.74, 6) is 0. The molecule has 0 bridgehead atoms. The van der Waals surface area contributed by atoms with Gasteiger partial charge < -0.3 is 24.8 Å². The van der Waals surface area contributed by atoms with Gasteiger partial charge in [-0.2, -0.15) is 45.5 Å². The Labute approximate surface area is 308 Å². The molecule has 0 amide bonds. The minimum atomic E-state index is 0. The summed E-state index contributed by atoms with van der Waals surface area (Å²) in [6, 6.07) is 52.1. The second-order valence-electron chi connectivity index (χ2n) is 11.4. The van der Waals surface area contributed by atoms with Crippen LogP contribution in [0.5, 0.6) is 0 Å². The monoisotopic (exact) mass is 695 g/mol. The molecule has 0 aliphatic rings. The SMILES string of the molecule is C[SiH]C.Cc1cc(Cc2ccccc2)c(Cc2ccccc2)[cH-]1.Cc1cc(Cc2ccccc2)c(Cc2ccccc2)[cH-]1.[Cl-].[Cl-].[Ti+4]. The molecule has 0 aromatic heterocycles. The average molecular weight is 697 g/mol. The zero-order valence-electron chi connectivity index (χ0n) is 27.5. The molecule has 0 unspecified atom stereocenters.